The molecule has 0 aromatic heterocycles. The van der Waals surface area contributed by atoms with Crippen LogP contribution >= 0.6 is 0 Å². The lowest BCUT2D eigenvalue weighted by Crippen LogP contribution is -2.54. The summed E-state index contributed by atoms with van der Waals surface area (Å²) in [6.07, 6.45) is -0.725. The fourth-order valence-electron chi connectivity index (χ4n) is 5.28. The molecule has 1 aliphatic carbocycles. The third-order valence-corrected chi connectivity index (χ3v) is 6.79. The van der Waals surface area contributed by atoms with E-state index < -0.39 is 35.1 Å². The summed E-state index contributed by atoms with van der Waals surface area (Å²) < 4.78 is 5.56. The zero-order chi connectivity index (χ0) is 22.6. The number of amides is 1. The molecule has 1 saturated heterocycles. The van der Waals surface area contributed by atoms with Crippen LogP contribution in [0.15, 0.2) is 48.5 Å². The van der Waals surface area contributed by atoms with Gasteiger partial charge in [0.2, 0.25) is 0 Å². The Balaban J connectivity index is 1.52. The number of carbonyl (C=O) groups excluding carboxylic acids is 1. The van der Waals surface area contributed by atoms with Gasteiger partial charge < -0.3 is 15.2 Å². The Morgan fingerprint density at radius 2 is 1.48 bits per heavy atom. The molecule has 2 unspecified atom stereocenters. The van der Waals surface area contributed by atoms with Gasteiger partial charge in [-0.1, -0.05) is 48.5 Å². The van der Waals surface area contributed by atoms with E-state index >= 15 is 0 Å². The Morgan fingerprint density at radius 3 is 2.00 bits per heavy atom. The summed E-state index contributed by atoms with van der Waals surface area (Å²) >= 11 is 0. The normalized spacial score (nSPS) is 23.8. The predicted molar refractivity (Wildman–Crippen MR) is 114 cm³/mol. The number of ether oxygens (including phenoxy) is 1. The summed E-state index contributed by atoms with van der Waals surface area (Å²) in [7, 11) is 0. The van der Waals surface area contributed by atoms with Gasteiger partial charge in [0.25, 0.3) is 0 Å². The molecule has 0 saturated carbocycles. The number of carboxylic acids is 1. The molecule has 1 fully saturated rings. The number of carboxylic acid groups (broad SMARTS) is 1. The lowest BCUT2D eigenvalue weighted by molar-refractivity contribution is -0.249. The first-order valence-corrected chi connectivity index (χ1v) is 10.4. The number of hydrogen-bond acceptors (Lipinski definition) is 4. The van der Waals surface area contributed by atoms with Gasteiger partial charge in [0.15, 0.2) is 0 Å². The van der Waals surface area contributed by atoms with Crippen LogP contribution in [-0.2, 0) is 14.7 Å². The van der Waals surface area contributed by atoms with Crippen molar-refractivity contribution in [3.8, 4) is 11.1 Å². The van der Waals surface area contributed by atoms with Crippen LogP contribution in [0, 0.1) is 5.92 Å². The standard InChI is InChI=1S/C24H27N2O5/c1-23(2)19(21(27)28)20(24(3,4)26(23)30)25-22(29)31-13-18-16-11-7-5-9-14(16)15-10-6-8-12-17(15)18/h5-12,18-20H,13H2,1-4H3,(H,25,29)(H,27,28). The summed E-state index contributed by atoms with van der Waals surface area (Å²) in [5.74, 6) is -2.29. The van der Waals surface area contributed by atoms with Gasteiger partial charge in [0.05, 0.1) is 23.0 Å². The number of benzene rings is 2. The molecule has 0 bridgehead atoms. The van der Waals surface area contributed by atoms with Crippen molar-refractivity contribution in [3.63, 3.8) is 0 Å². The summed E-state index contributed by atoms with van der Waals surface area (Å²) in [4.78, 5) is 24.6. The molecule has 31 heavy (non-hydrogen) atoms. The van der Waals surface area contributed by atoms with Crippen LogP contribution < -0.4 is 5.32 Å². The second-order valence-electron chi connectivity index (χ2n) is 9.37. The van der Waals surface area contributed by atoms with Gasteiger partial charge in [-0.15, -0.1) is 10.3 Å². The van der Waals surface area contributed by atoms with Gasteiger partial charge in [-0.2, -0.15) is 0 Å². The van der Waals surface area contributed by atoms with Crippen molar-refractivity contribution in [2.75, 3.05) is 6.61 Å². The maximum atomic E-state index is 12.8. The molecule has 1 amide bonds. The quantitative estimate of drug-likeness (QED) is 0.779. The van der Waals surface area contributed by atoms with E-state index in [1.54, 1.807) is 27.7 Å². The molecule has 2 aromatic carbocycles. The first-order chi connectivity index (χ1) is 14.6. The third-order valence-electron chi connectivity index (χ3n) is 6.79. The maximum absolute atomic E-state index is 12.8. The Bertz CT molecular complexity index is 987. The lowest BCUT2D eigenvalue weighted by Gasteiger charge is -2.33. The van der Waals surface area contributed by atoms with Crippen molar-refractivity contribution < 1.29 is 24.6 Å². The number of hydroxylamine groups is 2. The van der Waals surface area contributed by atoms with E-state index in [2.05, 4.69) is 17.4 Å². The van der Waals surface area contributed by atoms with E-state index in [1.807, 2.05) is 36.4 Å². The number of nitrogens with zero attached hydrogens (tertiary/aromatic N) is 1. The van der Waals surface area contributed by atoms with Crippen LogP contribution in [0.1, 0.15) is 44.7 Å². The van der Waals surface area contributed by atoms with E-state index in [-0.39, 0.29) is 12.5 Å². The molecule has 1 radical (unpaired) electrons. The van der Waals surface area contributed by atoms with Crippen molar-refractivity contribution in [2.24, 2.45) is 5.92 Å². The van der Waals surface area contributed by atoms with E-state index in [9.17, 15) is 19.9 Å². The molecule has 1 heterocycles. The predicted octanol–water partition coefficient (Wildman–Crippen LogP) is 3.81. The van der Waals surface area contributed by atoms with Crippen LogP contribution in [0.25, 0.3) is 11.1 Å². The van der Waals surface area contributed by atoms with E-state index in [0.29, 0.717) is 0 Å². The minimum atomic E-state index is -1.17. The number of rotatable bonds is 4. The second-order valence-corrected chi connectivity index (χ2v) is 9.37. The number of alkyl carbamates (subject to hydrolysis) is 1. The Hall–Kier alpha value is -2.90. The molecular formula is C24H27N2O5. The largest absolute Gasteiger partial charge is 0.481 e. The third kappa shape index (κ3) is 3.28. The summed E-state index contributed by atoms with van der Waals surface area (Å²) in [5, 5.41) is 25.9. The molecule has 7 heteroatoms. The second kappa shape index (κ2) is 7.35. The van der Waals surface area contributed by atoms with Crippen LogP contribution in [-0.4, -0.2) is 46.0 Å². The van der Waals surface area contributed by atoms with E-state index in [0.717, 1.165) is 27.3 Å². The number of aliphatic carboxylic acids is 1. The zero-order valence-corrected chi connectivity index (χ0v) is 18.1. The van der Waals surface area contributed by atoms with E-state index in [4.69, 9.17) is 4.74 Å². The highest BCUT2D eigenvalue weighted by molar-refractivity contribution is 5.79. The number of carbonyl (C=O) groups is 2. The fourth-order valence-corrected chi connectivity index (χ4v) is 5.28. The van der Waals surface area contributed by atoms with Crippen LogP contribution in [0.5, 0.6) is 0 Å². The monoisotopic (exact) mass is 423 g/mol. The van der Waals surface area contributed by atoms with Gasteiger partial charge in [0, 0.05) is 5.92 Å². The van der Waals surface area contributed by atoms with Crippen molar-refractivity contribution >= 4 is 12.1 Å². The summed E-state index contributed by atoms with van der Waals surface area (Å²) in [6.45, 7) is 6.56. The van der Waals surface area contributed by atoms with Crippen molar-refractivity contribution in [2.45, 2.75) is 50.7 Å². The van der Waals surface area contributed by atoms with Gasteiger partial charge in [-0.25, -0.2) is 4.79 Å². The number of fused-ring (bicyclic) bond motifs is 3. The van der Waals surface area contributed by atoms with Crippen molar-refractivity contribution in [3.05, 3.63) is 59.7 Å². The molecular weight excluding hydrogens is 396 g/mol. The topological polar surface area (TPSA) is 98.8 Å². The summed E-state index contributed by atoms with van der Waals surface area (Å²) in [5.41, 5.74) is 2.16. The molecule has 1 aliphatic heterocycles. The fraction of sp³-hybridized carbons (Fsp3) is 0.417. The first kappa shape index (κ1) is 21.3. The lowest BCUT2D eigenvalue weighted by atomic mass is 9.82. The van der Waals surface area contributed by atoms with Crippen LogP contribution in [0.4, 0.5) is 4.79 Å². The van der Waals surface area contributed by atoms with Gasteiger partial charge in [-0.3, -0.25) is 4.79 Å². The molecule has 163 valence electrons. The number of hydrogen-bond donors (Lipinski definition) is 2. The highest BCUT2D eigenvalue weighted by atomic mass is 16.5. The summed E-state index contributed by atoms with van der Waals surface area (Å²) in [6, 6.07) is 15.1. The van der Waals surface area contributed by atoms with Crippen molar-refractivity contribution in [1.82, 2.24) is 10.4 Å². The zero-order valence-electron chi connectivity index (χ0n) is 18.1. The average Bonchev–Trinajstić information content (AvgIpc) is 3.10. The van der Waals surface area contributed by atoms with Gasteiger partial charge >= 0.3 is 12.1 Å². The molecule has 0 spiro atoms. The molecule has 7 nitrogen and oxygen atoms in total. The highest BCUT2D eigenvalue weighted by Gasteiger charge is 2.62. The van der Waals surface area contributed by atoms with Crippen LogP contribution in [0.2, 0.25) is 0 Å². The SMILES string of the molecule is CC1(C)C(NC(=O)OCC2c3ccccc3-c3ccccc32)C(C(=O)O)C(C)(C)N1[O]. The van der Waals surface area contributed by atoms with Gasteiger partial charge in [0.1, 0.15) is 6.61 Å². The molecule has 2 aromatic rings. The van der Waals surface area contributed by atoms with E-state index in [1.165, 1.54) is 0 Å². The molecule has 2 atom stereocenters. The maximum Gasteiger partial charge on any atom is 0.407 e. The van der Waals surface area contributed by atoms with Crippen molar-refractivity contribution in [1.29, 1.82) is 0 Å². The first-order valence-electron chi connectivity index (χ1n) is 10.4. The minimum Gasteiger partial charge on any atom is -0.481 e. The Labute approximate surface area is 181 Å². The minimum absolute atomic E-state index is 0.0996. The Kier molecular flexibility index (Phi) is 5.06. The van der Waals surface area contributed by atoms with Crippen LogP contribution in [0.3, 0.4) is 0 Å². The molecule has 2 N–H and O–H groups in total. The molecule has 2 aliphatic rings. The Morgan fingerprint density at radius 1 is 0.968 bits per heavy atom. The van der Waals surface area contributed by atoms with Gasteiger partial charge in [-0.05, 0) is 49.9 Å². The smallest absolute Gasteiger partial charge is 0.407 e. The molecule has 4 rings (SSSR count). The highest BCUT2D eigenvalue weighted by Crippen LogP contribution is 2.45. The average molecular weight is 423 g/mol. The number of nitrogens with one attached hydrogen (secondary N) is 1.